The van der Waals surface area contributed by atoms with Gasteiger partial charge in [0.25, 0.3) is 0 Å². The third kappa shape index (κ3) is 3.88. The van der Waals surface area contributed by atoms with Crippen LogP contribution in [0.25, 0.3) is 0 Å². The minimum absolute atomic E-state index is 0.485. The highest BCUT2D eigenvalue weighted by Gasteiger charge is 2.22. The van der Waals surface area contributed by atoms with Crippen molar-refractivity contribution in [2.45, 2.75) is 19.4 Å². The van der Waals surface area contributed by atoms with E-state index in [9.17, 15) is 0 Å². The van der Waals surface area contributed by atoms with Gasteiger partial charge in [0.1, 0.15) is 5.75 Å². The molecule has 7 heteroatoms. The molecule has 1 aliphatic heterocycles. The average molecular weight is 348 g/mol. The van der Waals surface area contributed by atoms with Crippen molar-refractivity contribution in [3.8, 4) is 5.75 Å². The molecule has 0 radical (unpaired) electrons. The van der Waals surface area contributed by atoms with Crippen LogP contribution in [0.15, 0.2) is 30.6 Å². The molecular formula is C17H22ClN5O. The molecule has 2 heterocycles. The van der Waals surface area contributed by atoms with Gasteiger partial charge >= 0.3 is 0 Å². The second-order valence-electron chi connectivity index (χ2n) is 5.72. The van der Waals surface area contributed by atoms with Crippen LogP contribution in [0.1, 0.15) is 13.3 Å². The van der Waals surface area contributed by atoms with Gasteiger partial charge in [-0.2, -0.15) is 0 Å². The molecule has 0 aliphatic carbocycles. The van der Waals surface area contributed by atoms with E-state index in [-0.39, 0.29) is 0 Å². The highest BCUT2D eigenvalue weighted by atomic mass is 35.5. The zero-order chi connectivity index (χ0) is 16.9. The van der Waals surface area contributed by atoms with Gasteiger partial charge in [-0.25, -0.2) is 9.97 Å². The second-order valence-corrected chi connectivity index (χ2v) is 6.16. The van der Waals surface area contributed by atoms with Crippen molar-refractivity contribution < 1.29 is 4.74 Å². The number of benzene rings is 1. The van der Waals surface area contributed by atoms with Gasteiger partial charge in [0.05, 0.1) is 30.2 Å². The highest BCUT2D eigenvalue weighted by molar-refractivity contribution is 6.30. The number of aromatic nitrogens is 2. The normalized spacial score (nSPS) is 17.1. The van der Waals surface area contributed by atoms with Crippen molar-refractivity contribution in [2.24, 2.45) is 0 Å². The molecule has 6 nitrogen and oxygen atoms in total. The van der Waals surface area contributed by atoms with E-state index < -0.39 is 0 Å². The molecule has 0 spiro atoms. The summed E-state index contributed by atoms with van der Waals surface area (Å²) in [4.78, 5) is 10.7. The lowest BCUT2D eigenvalue weighted by molar-refractivity contribution is 0.417. The van der Waals surface area contributed by atoms with Crippen LogP contribution in [0, 0.1) is 0 Å². The summed E-state index contributed by atoms with van der Waals surface area (Å²) in [6.07, 6.45) is 4.28. The number of rotatable bonds is 6. The van der Waals surface area contributed by atoms with Crippen molar-refractivity contribution in [3.63, 3.8) is 0 Å². The van der Waals surface area contributed by atoms with E-state index in [0.29, 0.717) is 17.0 Å². The van der Waals surface area contributed by atoms with Crippen LogP contribution in [-0.2, 0) is 0 Å². The molecule has 128 valence electrons. The van der Waals surface area contributed by atoms with Gasteiger partial charge in [0.15, 0.2) is 0 Å². The number of nitrogens with one attached hydrogen (secondary N) is 2. The van der Waals surface area contributed by atoms with Gasteiger partial charge in [-0.15, -0.1) is 0 Å². The van der Waals surface area contributed by atoms with Gasteiger partial charge in [-0.1, -0.05) is 18.5 Å². The zero-order valence-corrected chi connectivity index (χ0v) is 14.7. The largest absolute Gasteiger partial charge is 0.494 e. The minimum Gasteiger partial charge on any atom is -0.494 e. The molecule has 0 bridgehead atoms. The SMILES string of the molecule is CCN[C@@H]1CCN(c2ccc(Nc3ncc(Cl)cn3)c(OC)c2)C1. The maximum Gasteiger partial charge on any atom is 0.227 e. The number of halogens is 1. The molecule has 0 saturated carbocycles. The summed E-state index contributed by atoms with van der Waals surface area (Å²) in [5, 5.41) is 7.18. The van der Waals surface area contributed by atoms with Gasteiger partial charge in [-0.05, 0) is 25.1 Å². The fourth-order valence-corrected chi connectivity index (χ4v) is 3.02. The van der Waals surface area contributed by atoms with Crippen LogP contribution in [0.4, 0.5) is 17.3 Å². The third-order valence-electron chi connectivity index (χ3n) is 4.10. The molecule has 1 fully saturated rings. The lowest BCUT2D eigenvalue weighted by Crippen LogP contribution is -2.32. The van der Waals surface area contributed by atoms with Crippen molar-refractivity contribution >= 4 is 28.9 Å². The summed E-state index contributed by atoms with van der Waals surface area (Å²) in [6, 6.07) is 6.69. The Morgan fingerprint density at radius 2 is 2.12 bits per heavy atom. The van der Waals surface area contributed by atoms with Gasteiger partial charge in [0.2, 0.25) is 5.95 Å². The number of methoxy groups -OCH3 is 1. The predicted molar refractivity (Wildman–Crippen MR) is 97.6 cm³/mol. The van der Waals surface area contributed by atoms with Crippen LogP contribution in [0.5, 0.6) is 5.75 Å². The van der Waals surface area contributed by atoms with Gasteiger partial charge in [0, 0.05) is 30.9 Å². The molecular weight excluding hydrogens is 326 g/mol. The predicted octanol–water partition coefficient (Wildman–Crippen LogP) is 3.07. The number of hydrogen-bond donors (Lipinski definition) is 2. The first kappa shape index (κ1) is 16.8. The van der Waals surface area contributed by atoms with Crippen molar-refractivity contribution in [1.82, 2.24) is 15.3 Å². The third-order valence-corrected chi connectivity index (χ3v) is 4.29. The molecule has 3 rings (SSSR count). The van der Waals surface area contributed by atoms with Crippen LogP contribution < -0.4 is 20.3 Å². The summed E-state index contributed by atoms with van der Waals surface area (Å²) in [6.45, 7) is 5.22. The minimum atomic E-state index is 0.485. The Hall–Kier alpha value is -2.05. The van der Waals surface area contributed by atoms with Crippen LogP contribution in [0.2, 0.25) is 5.02 Å². The molecule has 1 aromatic carbocycles. The molecule has 1 aliphatic rings. The topological polar surface area (TPSA) is 62.3 Å². The Kier molecular flexibility index (Phi) is 5.37. The lowest BCUT2D eigenvalue weighted by atomic mass is 10.2. The van der Waals surface area contributed by atoms with E-state index in [4.69, 9.17) is 16.3 Å². The van der Waals surface area contributed by atoms with E-state index in [0.717, 1.165) is 43.2 Å². The smallest absolute Gasteiger partial charge is 0.227 e. The first-order valence-corrected chi connectivity index (χ1v) is 8.48. The maximum absolute atomic E-state index is 5.81. The fraction of sp³-hybridized carbons (Fsp3) is 0.412. The van der Waals surface area contributed by atoms with Gasteiger partial charge in [-0.3, -0.25) is 0 Å². The zero-order valence-electron chi connectivity index (χ0n) is 13.9. The molecule has 2 N–H and O–H groups in total. The average Bonchev–Trinajstić information content (AvgIpc) is 3.06. The number of ether oxygens (including phenoxy) is 1. The molecule has 1 aromatic heterocycles. The quantitative estimate of drug-likeness (QED) is 0.837. The Labute approximate surface area is 147 Å². The summed E-state index contributed by atoms with van der Waals surface area (Å²) in [5.41, 5.74) is 1.99. The molecule has 0 unspecified atom stereocenters. The Morgan fingerprint density at radius 1 is 1.33 bits per heavy atom. The number of likely N-dealkylation sites (N-methyl/N-ethyl adjacent to an activating group) is 1. The number of nitrogens with zero attached hydrogens (tertiary/aromatic N) is 3. The monoisotopic (exact) mass is 347 g/mol. The van der Waals surface area contributed by atoms with Crippen molar-refractivity contribution in [1.29, 1.82) is 0 Å². The van der Waals surface area contributed by atoms with Crippen LogP contribution >= 0.6 is 11.6 Å². The first-order chi connectivity index (χ1) is 11.7. The summed E-state index contributed by atoms with van der Waals surface area (Å²) in [5.74, 6) is 1.25. The van der Waals surface area contributed by atoms with Crippen molar-refractivity contribution in [3.05, 3.63) is 35.6 Å². The fourth-order valence-electron chi connectivity index (χ4n) is 2.93. The molecule has 1 atom stereocenters. The molecule has 2 aromatic rings. The summed E-state index contributed by atoms with van der Waals surface area (Å²) >= 11 is 5.81. The first-order valence-electron chi connectivity index (χ1n) is 8.10. The molecule has 1 saturated heterocycles. The lowest BCUT2D eigenvalue weighted by Gasteiger charge is -2.21. The van der Waals surface area contributed by atoms with E-state index in [1.165, 1.54) is 0 Å². The Balaban J connectivity index is 1.74. The van der Waals surface area contributed by atoms with Gasteiger partial charge < -0.3 is 20.3 Å². The van der Waals surface area contributed by atoms with Crippen LogP contribution in [-0.4, -0.2) is 42.8 Å². The standard InChI is InChI=1S/C17H22ClN5O/c1-3-19-13-6-7-23(11-13)14-4-5-15(16(8-14)24-2)22-17-20-9-12(18)10-21-17/h4-5,8-10,13,19H,3,6-7,11H2,1-2H3,(H,20,21,22)/t13-/m1/s1. The molecule has 0 amide bonds. The second kappa shape index (κ2) is 7.68. The summed E-state index contributed by atoms with van der Waals surface area (Å²) < 4.78 is 5.53. The number of anilines is 3. The van der Waals surface area contributed by atoms with Crippen molar-refractivity contribution in [2.75, 3.05) is 37.0 Å². The van der Waals surface area contributed by atoms with Crippen LogP contribution in [0.3, 0.4) is 0 Å². The van der Waals surface area contributed by atoms with E-state index >= 15 is 0 Å². The van der Waals surface area contributed by atoms with E-state index in [1.54, 1.807) is 19.5 Å². The number of hydrogen-bond acceptors (Lipinski definition) is 6. The summed E-state index contributed by atoms with van der Waals surface area (Å²) in [7, 11) is 1.67. The molecule has 24 heavy (non-hydrogen) atoms. The van der Waals surface area contributed by atoms with E-state index in [1.807, 2.05) is 12.1 Å². The Morgan fingerprint density at radius 3 is 2.83 bits per heavy atom. The highest BCUT2D eigenvalue weighted by Crippen LogP contribution is 2.32. The van der Waals surface area contributed by atoms with E-state index in [2.05, 4.69) is 38.5 Å². The Bertz CT molecular complexity index is 679. The maximum atomic E-state index is 5.81.